The van der Waals surface area contributed by atoms with Gasteiger partial charge in [-0.05, 0) is 34.1 Å². The van der Waals surface area contributed by atoms with Crippen molar-refractivity contribution in [1.29, 1.82) is 5.26 Å². The minimum atomic E-state index is -0.409. The number of anilines is 1. The normalized spacial score (nSPS) is 13.9. The molecule has 0 aromatic heterocycles. The summed E-state index contributed by atoms with van der Waals surface area (Å²) in [6, 6.07) is 13.0. The summed E-state index contributed by atoms with van der Waals surface area (Å²) >= 11 is 3.15. The highest BCUT2D eigenvalue weighted by atomic mass is 79.9. The Morgan fingerprint density at radius 2 is 2.05 bits per heavy atom. The number of nitrogens with zero attached hydrogens (tertiary/aromatic N) is 2. The van der Waals surface area contributed by atoms with Gasteiger partial charge in [-0.3, -0.25) is 0 Å². The van der Waals surface area contributed by atoms with Gasteiger partial charge in [0, 0.05) is 12.1 Å². The van der Waals surface area contributed by atoms with E-state index in [4.69, 9.17) is 10.00 Å². The van der Waals surface area contributed by atoms with Crippen LogP contribution >= 0.6 is 15.9 Å². The smallest absolute Gasteiger partial charge is 0.161 e. The number of rotatable bonds is 1. The molecule has 0 unspecified atom stereocenters. The van der Waals surface area contributed by atoms with Crippen LogP contribution in [0, 0.1) is 17.1 Å². The molecule has 21 heavy (non-hydrogen) atoms. The van der Waals surface area contributed by atoms with Crippen LogP contribution in [0.5, 0.6) is 5.75 Å². The standard InChI is InChI=1S/C16H12BrFN2O/c17-15-11(9-19)5-6-13(16(15)18)20-7-8-21-14-4-2-1-3-12(14)10-20/h1-6H,7-8,10H2. The molecule has 0 spiro atoms. The van der Waals surface area contributed by atoms with E-state index in [0.29, 0.717) is 30.9 Å². The van der Waals surface area contributed by atoms with Crippen LogP contribution in [0.3, 0.4) is 0 Å². The molecule has 0 amide bonds. The van der Waals surface area contributed by atoms with Crippen molar-refractivity contribution in [2.24, 2.45) is 0 Å². The summed E-state index contributed by atoms with van der Waals surface area (Å²) in [5.41, 5.74) is 1.79. The van der Waals surface area contributed by atoms with Gasteiger partial charge in [-0.2, -0.15) is 5.26 Å². The first kappa shape index (κ1) is 13.9. The first-order valence-corrected chi connectivity index (χ1v) is 7.34. The molecular weight excluding hydrogens is 335 g/mol. The lowest BCUT2D eigenvalue weighted by Crippen LogP contribution is -2.26. The molecule has 1 aliphatic heterocycles. The Hall–Kier alpha value is -2.06. The Balaban J connectivity index is 1.99. The average molecular weight is 347 g/mol. The van der Waals surface area contributed by atoms with Gasteiger partial charge >= 0.3 is 0 Å². The molecule has 0 radical (unpaired) electrons. The number of fused-ring (bicyclic) bond motifs is 1. The molecule has 3 nitrogen and oxygen atoms in total. The van der Waals surface area contributed by atoms with E-state index in [1.54, 1.807) is 12.1 Å². The molecule has 0 bridgehead atoms. The quantitative estimate of drug-likeness (QED) is 0.786. The third kappa shape index (κ3) is 2.59. The van der Waals surface area contributed by atoms with E-state index in [1.807, 2.05) is 35.2 Å². The highest BCUT2D eigenvalue weighted by Crippen LogP contribution is 2.32. The Labute approximate surface area is 130 Å². The summed E-state index contributed by atoms with van der Waals surface area (Å²) < 4.78 is 20.4. The largest absolute Gasteiger partial charge is 0.491 e. The maximum absolute atomic E-state index is 14.5. The molecule has 0 saturated heterocycles. The fourth-order valence-electron chi connectivity index (χ4n) is 2.40. The van der Waals surface area contributed by atoms with Crippen molar-refractivity contribution >= 4 is 21.6 Å². The number of nitriles is 1. The van der Waals surface area contributed by atoms with Crippen molar-refractivity contribution in [2.45, 2.75) is 6.54 Å². The van der Waals surface area contributed by atoms with Crippen LogP contribution in [0.1, 0.15) is 11.1 Å². The molecule has 0 saturated carbocycles. The zero-order valence-corrected chi connectivity index (χ0v) is 12.7. The zero-order chi connectivity index (χ0) is 14.8. The number of benzene rings is 2. The van der Waals surface area contributed by atoms with Crippen LogP contribution in [0.4, 0.5) is 10.1 Å². The molecule has 0 fully saturated rings. The van der Waals surface area contributed by atoms with Crippen molar-refractivity contribution in [3.8, 4) is 11.8 Å². The van der Waals surface area contributed by atoms with Gasteiger partial charge in [0.25, 0.3) is 0 Å². The van der Waals surface area contributed by atoms with Gasteiger partial charge in [0.05, 0.1) is 22.3 Å². The number of halogens is 2. The third-order valence-electron chi connectivity index (χ3n) is 3.48. The molecule has 1 heterocycles. The first-order valence-electron chi connectivity index (χ1n) is 6.54. The van der Waals surface area contributed by atoms with Crippen LogP contribution in [-0.4, -0.2) is 13.2 Å². The third-order valence-corrected chi connectivity index (χ3v) is 4.25. The summed E-state index contributed by atoms with van der Waals surface area (Å²) in [4.78, 5) is 1.92. The highest BCUT2D eigenvalue weighted by molar-refractivity contribution is 9.10. The van der Waals surface area contributed by atoms with E-state index < -0.39 is 5.82 Å². The molecule has 3 rings (SSSR count). The molecule has 1 aliphatic rings. The van der Waals surface area contributed by atoms with Crippen molar-refractivity contribution in [3.63, 3.8) is 0 Å². The van der Waals surface area contributed by atoms with Crippen LogP contribution in [0.15, 0.2) is 40.9 Å². The van der Waals surface area contributed by atoms with Gasteiger partial charge in [0.2, 0.25) is 0 Å². The van der Waals surface area contributed by atoms with Gasteiger partial charge in [0.15, 0.2) is 5.82 Å². The second-order valence-corrected chi connectivity index (χ2v) is 5.54. The van der Waals surface area contributed by atoms with Crippen molar-refractivity contribution in [1.82, 2.24) is 0 Å². The Morgan fingerprint density at radius 1 is 1.24 bits per heavy atom. The van der Waals surface area contributed by atoms with Gasteiger partial charge < -0.3 is 9.64 Å². The lowest BCUT2D eigenvalue weighted by Gasteiger charge is -2.23. The van der Waals surface area contributed by atoms with Crippen molar-refractivity contribution < 1.29 is 9.13 Å². The monoisotopic (exact) mass is 346 g/mol. The van der Waals surface area contributed by atoms with Crippen LogP contribution in [0.25, 0.3) is 0 Å². The number of ether oxygens (including phenoxy) is 1. The van der Waals surface area contributed by atoms with Crippen LogP contribution < -0.4 is 9.64 Å². The molecule has 0 N–H and O–H groups in total. The SMILES string of the molecule is N#Cc1ccc(N2CCOc3ccccc3C2)c(F)c1Br. The number of hydrogen-bond acceptors (Lipinski definition) is 3. The Kier molecular flexibility index (Phi) is 3.80. The average Bonchev–Trinajstić information content (AvgIpc) is 2.72. The van der Waals surface area contributed by atoms with E-state index >= 15 is 0 Å². The highest BCUT2D eigenvalue weighted by Gasteiger charge is 2.20. The summed E-state index contributed by atoms with van der Waals surface area (Å²) in [6.07, 6.45) is 0. The maximum atomic E-state index is 14.5. The predicted molar refractivity (Wildman–Crippen MR) is 81.8 cm³/mol. The lowest BCUT2D eigenvalue weighted by atomic mass is 10.1. The molecule has 2 aromatic carbocycles. The Bertz CT molecular complexity index is 727. The van der Waals surface area contributed by atoms with E-state index in [0.717, 1.165) is 11.3 Å². The topological polar surface area (TPSA) is 36.3 Å². The molecule has 0 aliphatic carbocycles. The van der Waals surface area contributed by atoms with Gasteiger partial charge in [-0.1, -0.05) is 18.2 Å². The van der Waals surface area contributed by atoms with Crippen LogP contribution in [0.2, 0.25) is 0 Å². The minimum Gasteiger partial charge on any atom is -0.491 e. The molecule has 0 atom stereocenters. The zero-order valence-electron chi connectivity index (χ0n) is 11.1. The number of hydrogen-bond donors (Lipinski definition) is 0. The maximum Gasteiger partial charge on any atom is 0.161 e. The summed E-state index contributed by atoms with van der Waals surface area (Å²) in [6.45, 7) is 1.66. The molecular formula is C16H12BrFN2O. The van der Waals surface area contributed by atoms with Gasteiger partial charge in [-0.25, -0.2) is 4.39 Å². The van der Waals surface area contributed by atoms with Crippen molar-refractivity contribution in [3.05, 3.63) is 57.8 Å². The first-order chi connectivity index (χ1) is 10.2. The number of para-hydroxylation sites is 1. The van der Waals surface area contributed by atoms with E-state index in [9.17, 15) is 4.39 Å². The fraction of sp³-hybridized carbons (Fsp3) is 0.188. The molecule has 2 aromatic rings. The predicted octanol–water partition coefficient (Wildman–Crippen LogP) is 3.86. The van der Waals surface area contributed by atoms with Gasteiger partial charge in [0.1, 0.15) is 18.4 Å². The van der Waals surface area contributed by atoms with E-state index in [2.05, 4.69) is 15.9 Å². The second kappa shape index (κ2) is 5.74. The summed E-state index contributed by atoms with van der Waals surface area (Å²) in [5.74, 6) is 0.432. The van der Waals surface area contributed by atoms with E-state index in [-0.39, 0.29) is 4.47 Å². The Morgan fingerprint density at radius 3 is 2.86 bits per heavy atom. The van der Waals surface area contributed by atoms with Gasteiger partial charge in [-0.15, -0.1) is 0 Å². The second-order valence-electron chi connectivity index (χ2n) is 4.75. The minimum absolute atomic E-state index is 0.209. The van der Waals surface area contributed by atoms with E-state index in [1.165, 1.54) is 0 Å². The van der Waals surface area contributed by atoms with Crippen LogP contribution in [-0.2, 0) is 6.54 Å². The lowest BCUT2D eigenvalue weighted by molar-refractivity contribution is 0.331. The summed E-state index contributed by atoms with van der Waals surface area (Å²) in [5, 5.41) is 8.94. The fourth-order valence-corrected chi connectivity index (χ4v) is 2.83. The van der Waals surface area contributed by atoms with Crippen molar-refractivity contribution in [2.75, 3.05) is 18.1 Å². The summed E-state index contributed by atoms with van der Waals surface area (Å²) in [7, 11) is 0. The molecule has 106 valence electrons. The molecule has 5 heteroatoms.